The summed E-state index contributed by atoms with van der Waals surface area (Å²) in [6, 6.07) is 11.5. The first kappa shape index (κ1) is 22.6. The van der Waals surface area contributed by atoms with Crippen LogP contribution in [0.1, 0.15) is 30.1 Å². The van der Waals surface area contributed by atoms with Gasteiger partial charge in [0.2, 0.25) is 0 Å². The topological polar surface area (TPSA) is 135 Å². The van der Waals surface area contributed by atoms with Crippen LogP contribution in [0, 0.1) is 10.1 Å². The Bertz CT molecular complexity index is 1290. The molecule has 0 bridgehead atoms. The number of rotatable bonds is 8. The smallest absolute Gasteiger partial charge is 0.287 e. The van der Waals surface area contributed by atoms with Crippen molar-refractivity contribution in [2.75, 3.05) is 25.0 Å². The lowest BCUT2D eigenvalue weighted by Crippen LogP contribution is -2.26. The first-order chi connectivity index (χ1) is 17.2. The second-order valence-corrected chi connectivity index (χ2v) is 8.46. The van der Waals surface area contributed by atoms with Gasteiger partial charge in [-0.05, 0) is 43.5 Å². The van der Waals surface area contributed by atoms with Crippen LogP contribution in [-0.4, -0.2) is 49.5 Å². The van der Waals surface area contributed by atoms with Crippen molar-refractivity contribution in [1.82, 2.24) is 30.2 Å². The van der Waals surface area contributed by atoms with Crippen molar-refractivity contribution in [3.8, 4) is 22.5 Å². The molecule has 0 radical (unpaired) electrons. The maximum Gasteiger partial charge on any atom is 0.287 e. The van der Waals surface area contributed by atoms with Crippen LogP contribution in [0.25, 0.3) is 22.5 Å². The van der Waals surface area contributed by atoms with Crippen molar-refractivity contribution < 1.29 is 4.92 Å². The third kappa shape index (κ3) is 5.17. The summed E-state index contributed by atoms with van der Waals surface area (Å²) >= 11 is 0. The van der Waals surface area contributed by atoms with Crippen molar-refractivity contribution in [2.24, 2.45) is 0 Å². The standard InChI is InChI=1S/C25H26N8O2/c34-33(35)18-5-6-23(29-13-18)28-12-9-24-30-14-21(22-15-27-16-31-22)25(32-24)20-4-2-1-3-19(20)17-7-10-26-11-8-17/h1-6,13-17,26H,7-12H2,(H,27,31)(H,28,29). The predicted molar refractivity (Wildman–Crippen MR) is 133 cm³/mol. The monoisotopic (exact) mass is 470 g/mol. The van der Waals surface area contributed by atoms with Crippen LogP contribution in [0.5, 0.6) is 0 Å². The van der Waals surface area contributed by atoms with E-state index in [1.807, 2.05) is 6.20 Å². The molecule has 4 aromatic rings. The third-order valence-electron chi connectivity index (χ3n) is 6.24. The molecule has 1 aromatic carbocycles. The quantitative estimate of drug-likeness (QED) is 0.260. The number of benzene rings is 1. The lowest BCUT2D eigenvalue weighted by atomic mass is 9.85. The molecule has 0 aliphatic carbocycles. The molecule has 10 nitrogen and oxygen atoms in total. The number of pyridine rings is 1. The number of aromatic amines is 1. The summed E-state index contributed by atoms with van der Waals surface area (Å²) in [6.07, 6.45) is 9.32. The molecule has 0 amide bonds. The number of nitro groups is 1. The van der Waals surface area contributed by atoms with Crippen molar-refractivity contribution in [3.63, 3.8) is 0 Å². The fourth-order valence-electron chi connectivity index (χ4n) is 4.45. The van der Waals surface area contributed by atoms with E-state index in [9.17, 15) is 10.1 Å². The molecule has 35 heavy (non-hydrogen) atoms. The lowest BCUT2D eigenvalue weighted by Gasteiger charge is -2.25. The first-order valence-corrected chi connectivity index (χ1v) is 11.7. The van der Waals surface area contributed by atoms with Crippen molar-refractivity contribution in [3.05, 3.63) is 82.8 Å². The summed E-state index contributed by atoms with van der Waals surface area (Å²) < 4.78 is 0. The van der Waals surface area contributed by atoms with Crippen LogP contribution in [0.2, 0.25) is 0 Å². The number of nitrogens with zero attached hydrogens (tertiary/aromatic N) is 5. The highest BCUT2D eigenvalue weighted by Gasteiger charge is 2.22. The number of H-pyrrole nitrogens is 1. The normalized spacial score (nSPS) is 14.1. The Labute approximate surface area is 202 Å². The molecule has 3 aromatic heterocycles. The summed E-state index contributed by atoms with van der Waals surface area (Å²) in [4.78, 5) is 31.4. The Kier molecular flexibility index (Phi) is 6.71. The van der Waals surface area contributed by atoms with Gasteiger partial charge >= 0.3 is 0 Å². The highest BCUT2D eigenvalue weighted by molar-refractivity contribution is 5.80. The van der Waals surface area contributed by atoms with Gasteiger partial charge in [0.05, 0.1) is 28.8 Å². The van der Waals surface area contributed by atoms with Gasteiger partial charge in [-0.15, -0.1) is 0 Å². The maximum atomic E-state index is 10.8. The molecule has 10 heteroatoms. The van der Waals surface area contributed by atoms with Gasteiger partial charge in [-0.1, -0.05) is 24.3 Å². The first-order valence-electron chi connectivity index (χ1n) is 11.7. The second-order valence-electron chi connectivity index (χ2n) is 8.46. The van der Waals surface area contributed by atoms with Crippen molar-refractivity contribution in [1.29, 1.82) is 0 Å². The van der Waals surface area contributed by atoms with Crippen molar-refractivity contribution >= 4 is 11.5 Å². The van der Waals surface area contributed by atoms with E-state index < -0.39 is 4.92 Å². The fraction of sp³-hybridized carbons (Fsp3) is 0.280. The average Bonchev–Trinajstić information content (AvgIpc) is 3.44. The maximum absolute atomic E-state index is 10.8. The Balaban J connectivity index is 1.41. The number of nitrogens with one attached hydrogen (secondary N) is 3. The van der Waals surface area contributed by atoms with Crippen LogP contribution in [0.15, 0.2) is 61.3 Å². The van der Waals surface area contributed by atoms with Crippen LogP contribution in [0.3, 0.4) is 0 Å². The predicted octanol–water partition coefficient (Wildman–Crippen LogP) is 3.96. The van der Waals surface area contributed by atoms with E-state index in [0.29, 0.717) is 30.5 Å². The summed E-state index contributed by atoms with van der Waals surface area (Å²) in [5, 5.41) is 17.5. The minimum absolute atomic E-state index is 0.0367. The molecule has 0 spiro atoms. The molecule has 1 fully saturated rings. The zero-order valence-electron chi connectivity index (χ0n) is 19.1. The van der Waals surface area contributed by atoms with Gasteiger partial charge in [0, 0.05) is 36.4 Å². The van der Waals surface area contributed by atoms with E-state index >= 15 is 0 Å². The zero-order valence-corrected chi connectivity index (χ0v) is 19.1. The number of hydrogen-bond donors (Lipinski definition) is 3. The van der Waals surface area contributed by atoms with Gasteiger partial charge < -0.3 is 15.6 Å². The number of hydrogen-bond acceptors (Lipinski definition) is 8. The van der Waals surface area contributed by atoms with Crippen molar-refractivity contribution in [2.45, 2.75) is 25.2 Å². The Hall–Kier alpha value is -4.18. The van der Waals surface area contributed by atoms with Gasteiger partial charge in [0.15, 0.2) is 0 Å². The van der Waals surface area contributed by atoms with Crippen LogP contribution in [0.4, 0.5) is 11.5 Å². The fourth-order valence-corrected chi connectivity index (χ4v) is 4.45. The van der Waals surface area contributed by atoms with E-state index in [1.54, 1.807) is 18.6 Å². The van der Waals surface area contributed by atoms with Gasteiger partial charge in [-0.25, -0.2) is 19.9 Å². The second kappa shape index (κ2) is 10.4. The van der Waals surface area contributed by atoms with Gasteiger partial charge in [0.1, 0.15) is 17.8 Å². The SMILES string of the molecule is O=[N+]([O-])c1ccc(NCCc2ncc(-c3cnc[nH]3)c(-c3ccccc3C3CCNCC3)n2)nc1. The lowest BCUT2D eigenvalue weighted by molar-refractivity contribution is -0.385. The molecular formula is C25H26N8O2. The summed E-state index contributed by atoms with van der Waals surface area (Å²) in [5.74, 6) is 1.76. The van der Waals surface area contributed by atoms with E-state index in [-0.39, 0.29) is 5.69 Å². The number of anilines is 1. The highest BCUT2D eigenvalue weighted by Crippen LogP contribution is 2.37. The van der Waals surface area contributed by atoms with Gasteiger partial charge in [-0.3, -0.25) is 10.1 Å². The van der Waals surface area contributed by atoms with E-state index in [1.165, 1.54) is 17.8 Å². The van der Waals surface area contributed by atoms with E-state index in [2.05, 4.69) is 54.8 Å². The Morgan fingerprint density at radius 3 is 2.63 bits per heavy atom. The van der Waals surface area contributed by atoms with E-state index in [0.717, 1.165) is 48.4 Å². The third-order valence-corrected chi connectivity index (χ3v) is 6.24. The minimum atomic E-state index is -0.463. The molecule has 178 valence electrons. The molecule has 3 N–H and O–H groups in total. The molecule has 4 heterocycles. The van der Waals surface area contributed by atoms with Crippen LogP contribution >= 0.6 is 0 Å². The Morgan fingerprint density at radius 1 is 1.03 bits per heavy atom. The molecule has 1 aliphatic heterocycles. The average molecular weight is 471 g/mol. The molecular weight excluding hydrogens is 444 g/mol. The number of piperidine rings is 1. The summed E-state index contributed by atoms with van der Waals surface area (Å²) in [7, 11) is 0. The molecule has 5 rings (SSSR count). The zero-order chi connectivity index (χ0) is 24.0. The molecule has 1 aliphatic rings. The molecule has 0 unspecified atom stereocenters. The molecule has 0 saturated carbocycles. The largest absolute Gasteiger partial charge is 0.370 e. The van der Waals surface area contributed by atoms with Crippen LogP contribution < -0.4 is 10.6 Å². The number of aromatic nitrogens is 5. The summed E-state index contributed by atoms with van der Waals surface area (Å²) in [6.45, 7) is 2.58. The highest BCUT2D eigenvalue weighted by atomic mass is 16.6. The molecule has 1 saturated heterocycles. The minimum Gasteiger partial charge on any atom is -0.370 e. The molecule has 0 atom stereocenters. The number of imidazole rings is 1. The summed E-state index contributed by atoms with van der Waals surface area (Å²) in [5.41, 5.74) is 5.08. The Morgan fingerprint density at radius 2 is 1.89 bits per heavy atom. The van der Waals surface area contributed by atoms with Crippen LogP contribution in [-0.2, 0) is 6.42 Å². The van der Waals surface area contributed by atoms with Gasteiger partial charge in [0.25, 0.3) is 5.69 Å². The van der Waals surface area contributed by atoms with Gasteiger partial charge in [-0.2, -0.15) is 0 Å². The van der Waals surface area contributed by atoms with E-state index in [4.69, 9.17) is 4.98 Å².